The Morgan fingerprint density at radius 3 is 2.19 bits per heavy atom. The molecule has 2 aromatic rings. The second-order valence-electron chi connectivity index (χ2n) is 9.34. The van der Waals surface area contributed by atoms with Crippen molar-refractivity contribution < 1.29 is 63.5 Å². The van der Waals surface area contributed by atoms with Crippen LogP contribution in [0.5, 0.6) is 0 Å². The van der Waals surface area contributed by atoms with Crippen LogP contribution in [0.3, 0.4) is 0 Å². The van der Waals surface area contributed by atoms with Gasteiger partial charge >= 0.3 is 24.5 Å². The SMILES string of the molecule is NC(=O)c1ccc(N2CCOCC2=O)c(-c2c(C(N)=O)ccc(Cl)c2[N+]2(OC(=O)O)CCC(O)[C@H]2OC(=O)O)c1C(=O)O. The summed E-state index contributed by atoms with van der Waals surface area (Å²) in [6.45, 7) is -1.09. The van der Waals surface area contributed by atoms with Crippen molar-refractivity contribution in [2.24, 2.45) is 11.5 Å². The molecule has 228 valence electrons. The van der Waals surface area contributed by atoms with E-state index in [1.807, 2.05) is 0 Å². The lowest BCUT2D eigenvalue weighted by atomic mass is 9.87. The molecule has 0 aromatic heterocycles. The highest BCUT2D eigenvalue weighted by atomic mass is 35.5. The monoisotopic (exact) mass is 623 g/mol. The predicted molar refractivity (Wildman–Crippen MR) is 143 cm³/mol. The summed E-state index contributed by atoms with van der Waals surface area (Å²) in [6, 6.07) is 4.35. The number of amides is 3. The molecule has 2 fully saturated rings. The Balaban J connectivity index is 2.27. The number of carbonyl (C=O) groups excluding carboxylic acids is 3. The Bertz CT molecular complexity index is 1560. The van der Waals surface area contributed by atoms with E-state index in [4.69, 9.17) is 37.4 Å². The maximum Gasteiger partial charge on any atom is 0.557 e. The van der Waals surface area contributed by atoms with E-state index in [0.717, 1.165) is 23.1 Å². The van der Waals surface area contributed by atoms with Gasteiger partial charge in [0, 0.05) is 18.5 Å². The third kappa shape index (κ3) is 5.48. The van der Waals surface area contributed by atoms with Gasteiger partial charge in [0.2, 0.25) is 17.5 Å². The fraction of sp³-hybridized carbons (Fsp3) is 0.280. The van der Waals surface area contributed by atoms with Gasteiger partial charge in [-0.05, 0) is 24.3 Å². The molecule has 8 N–H and O–H groups in total. The fourth-order valence-electron chi connectivity index (χ4n) is 5.32. The first-order valence-corrected chi connectivity index (χ1v) is 12.7. The number of quaternary nitrogens is 1. The molecule has 17 nitrogen and oxygen atoms in total. The number of rotatable bonds is 8. The number of morpholine rings is 1. The van der Waals surface area contributed by atoms with E-state index >= 15 is 0 Å². The molecule has 3 atom stereocenters. The van der Waals surface area contributed by atoms with E-state index in [0.29, 0.717) is 0 Å². The van der Waals surface area contributed by atoms with Crippen LogP contribution in [-0.4, -0.2) is 95.1 Å². The Hall–Kier alpha value is -4.97. The average Bonchev–Trinajstić information content (AvgIpc) is 3.21. The highest BCUT2D eigenvalue weighted by molar-refractivity contribution is 6.34. The summed E-state index contributed by atoms with van der Waals surface area (Å²) in [6.07, 6.45) is -8.02. The number of aliphatic hydroxyl groups is 1. The topological polar surface area (TPSA) is 266 Å². The van der Waals surface area contributed by atoms with Crippen LogP contribution < -0.4 is 21.0 Å². The van der Waals surface area contributed by atoms with Crippen LogP contribution in [-0.2, 0) is 19.1 Å². The summed E-state index contributed by atoms with van der Waals surface area (Å²) in [4.78, 5) is 81.0. The summed E-state index contributed by atoms with van der Waals surface area (Å²) in [7, 11) is 0. The van der Waals surface area contributed by atoms with Gasteiger partial charge in [0.1, 0.15) is 18.2 Å². The van der Waals surface area contributed by atoms with Gasteiger partial charge in [0.15, 0.2) is 6.10 Å². The number of nitrogens with zero attached hydrogens (tertiary/aromatic N) is 2. The maximum atomic E-state index is 12.9. The molecule has 2 heterocycles. The van der Waals surface area contributed by atoms with Crippen molar-refractivity contribution in [3.05, 3.63) is 46.0 Å². The molecule has 0 radical (unpaired) electrons. The smallest absolute Gasteiger partial charge is 0.478 e. The molecule has 2 aliphatic heterocycles. The first-order valence-electron chi connectivity index (χ1n) is 12.3. The van der Waals surface area contributed by atoms with Gasteiger partial charge < -0.3 is 46.3 Å². The quantitative estimate of drug-likeness (QED) is 0.177. The number of hydroxylamine groups is 2. The molecular weight excluding hydrogens is 600 g/mol. The number of hydrogen-bond acceptors (Lipinski definition) is 10. The molecule has 2 aromatic carbocycles. The molecule has 2 saturated heterocycles. The number of aromatic carboxylic acids is 1. The predicted octanol–water partition coefficient (Wildman–Crippen LogP) is 0.968. The molecule has 4 rings (SSSR count). The number of ether oxygens (including phenoxy) is 2. The first kappa shape index (κ1) is 31.0. The van der Waals surface area contributed by atoms with Gasteiger partial charge in [-0.3, -0.25) is 14.4 Å². The van der Waals surface area contributed by atoms with Crippen LogP contribution in [0.1, 0.15) is 37.5 Å². The van der Waals surface area contributed by atoms with Crippen LogP contribution in [0.2, 0.25) is 5.02 Å². The number of carboxylic acid groups (broad SMARTS) is 3. The number of carbonyl (C=O) groups is 6. The Kier molecular flexibility index (Phi) is 8.45. The minimum absolute atomic E-state index is 0.000914. The van der Waals surface area contributed by atoms with Crippen molar-refractivity contribution in [1.29, 1.82) is 0 Å². The fourth-order valence-corrected chi connectivity index (χ4v) is 5.63. The van der Waals surface area contributed by atoms with E-state index < -0.39 is 105 Å². The molecule has 18 heteroatoms. The van der Waals surface area contributed by atoms with Gasteiger partial charge in [0.05, 0.1) is 34.5 Å². The second-order valence-corrected chi connectivity index (χ2v) is 9.75. The number of carboxylic acids is 1. The average molecular weight is 624 g/mol. The molecule has 0 spiro atoms. The van der Waals surface area contributed by atoms with Crippen LogP contribution in [0, 0.1) is 0 Å². The minimum Gasteiger partial charge on any atom is -0.478 e. The van der Waals surface area contributed by atoms with Crippen molar-refractivity contribution >= 4 is 59.0 Å². The van der Waals surface area contributed by atoms with Gasteiger partial charge in [-0.2, -0.15) is 4.79 Å². The standard InChI is InChI=1S/C25H23ClN4O13/c26-12-3-1-10(20(27)33)16(19(12)30(43-25(39)40)7-5-14(31)22(30)42-24(37)38)18-13(29-6-8-41-9-15(29)32)4-2-11(21(28)34)17(18)23(35)36/h1-4,14,22,31H,5-9H2,(H6-,27,28,33,34,35,36,37,38,39,40)/p+1/t14?,22-,30?/m1/s1. The van der Waals surface area contributed by atoms with Crippen LogP contribution >= 0.6 is 11.6 Å². The third-order valence-electron chi connectivity index (χ3n) is 6.92. The highest BCUT2D eigenvalue weighted by Crippen LogP contribution is 2.51. The summed E-state index contributed by atoms with van der Waals surface area (Å²) in [5.74, 6) is -4.86. The zero-order valence-corrected chi connectivity index (χ0v) is 22.6. The Morgan fingerprint density at radius 1 is 0.977 bits per heavy atom. The van der Waals surface area contributed by atoms with Crippen LogP contribution in [0.25, 0.3) is 11.1 Å². The summed E-state index contributed by atoms with van der Waals surface area (Å²) in [5.41, 5.74) is 7.37. The van der Waals surface area contributed by atoms with Crippen LogP contribution in [0.4, 0.5) is 21.0 Å². The normalized spacial score (nSPS) is 21.7. The number of anilines is 1. The minimum atomic E-state index is -2.05. The van der Waals surface area contributed by atoms with E-state index in [-0.39, 0.29) is 25.3 Å². The van der Waals surface area contributed by atoms with Gasteiger partial charge in [-0.25, -0.2) is 14.4 Å². The largest absolute Gasteiger partial charge is 0.557 e. The number of benzene rings is 2. The molecular formula is C25H24ClN4O13+. The third-order valence-corrected chi connectivity index (χ3v) is 7.23. The number of primary amides is 2. The second kappa shape index (κ2) is 11.7. The summed E-state index contributed by atoms with van der Waals surface area (Å²) >= 11 is 6.59. The van der Waals surface area contributed by atoms with Gasteiger partial charge in [-0.1, -0.05) is 16.2 Å². The van der Waals surface area contributed by atoms with Gasteiger partial charge in [-0.15, -0.1) is 0 Å². The lowest BCUT2D eigenvalue weighted by Crippen LogP contribution is -2.58. The highest BCUT2D eigenvalue weighted by Gasteiger charge is 2.60. The van der Waals surface area contributed by atoms with E-state index in [1.54, 1.807) is 0 Å². The lowest BCUT2D eigenvalue weighted by Gasteiger charge is -2.36. The Labute approximate surface area is 245 Å². The summed E-state index contributed by atoms with van der Waals surface area (Å²) in [5, 5.41) is 39.8. The molecule has 43 heavy (non-hydrogen) atoms. The zero-order valence-electron chi connectivity index (χ0n) is 21.9. The lowest BCUT2D eigenvalue weighted by molar-refractivity contribution is -0.195. The van der Waals surface area contributed by atoms with Crippen molar-refractivity contribution in [2.75, 3.05) is 31.2 Å². The van der Waals surface area contributed by atoms with E-state index in [9.17, 15) is 49.2 Å². The maximum absolute atomic E-state index is 12.9. The molecule has 3 amide bonds. The first-order chi connectivity index (χ1) is 20.2. The molecule has 0 bridgehead atoms. The van der Waals surface area contributed by atoms with E-state index in [2.05, 4.69) is 0 Å². The molecule has 0 saturated carbocycles. The van der Waals surface area contributed by atoms with Crippen LogP contribution in [0.15, 0.2) is 24.3 Å². The number of hydrogen-bond donors (Lipinski definition) is 6. The van der Waals surface area contributed by atoms with Crippen molar-refractivity contribution in [2.45, 2.75) is 18.8 Å². The number of halogens is 1. The number of nitrogens with two attached hydrogens (primary N) is 2. The van der Waals surface area contributed by atoms with Crippen molar-refractivity contribution in [3.63, 3.8) is 0 Å². The Morgan fingerprint density at radius 2 is 1.63 bits per heavy atom. The van der Waals surface area contributed by atoms with E-state index in [1.165, 1.54) is 6.07 Å². The van der Waals surface area contributed by atoms with Crippen molar-refractivity contribution in [1.82, 2.24) is 4.65 Å². The molecule has 2 unspecified atom stereocenters. The number of aliphatic hydroxyl groups excluding tert-OH is 1. The molecule has 2 aliphatic rings. The summed E-state index contributed by atoms with van der Waals surface area (Å²) < 4.78 is 8.46. The zero-order chi connectivity index (χ0) is 31.8. The van der Waals surface area contributed by atoms with Gasteiger partial charge in [0.25, 0.3) is 5.91 Å². The molecule has 0 aliphatic carbocycles. The van der Waals surface area contributed by atoms with Crippen molar-refractivity contribution in [3.8, 4) is 11.1 Å².